The summed E-state index contributed by atoms with van der Waals surface area (Å²) >= 11 is 0. The predicted octanol–water partition coefficient (Wildman–Crippen LogP) is 2.63. The third-order valence-corrected chi connectivity index (χ3v) is 4.63. The molecule has 1 aliphatic rings. The van der Waals surface area contributed by atoms with Crippen molar-refractivity contribution >= 4 is 17.4 Å². The van der Waals surface area contributed by atoms with Crippen LogP contribution in [0.2, 0.25) is 0 Å². The number of carbonyl (C=O) groups excluding carboxylic acids is 2. The molecule has 1 aromatic carbocycles. The van der Waals surface area contributed by atoms with E-state index in [-0.39, 0.29) is 17.9 Å². The number of nitrogens with one attached hydrogen (secondary N) is 2. The van der Waals surface area contributed by atoms with Crippen molar-refractivity contribution in [2.75, 3.05) is 20.1 Å². The molecule has 26 heavy (non-hydrogen) atoms. The maximum Gasteiger partial charge on any atom is 0.244 e. The molecule has 2 N–H and O–H groups in total. The van der Waals surface area contributed by atoms with Gasteiger partial charge in [0, 0.05) is 32.3 Å². The highest BCUT2D eigenvalue weighted by atomic mass is 16.2. The Morgan fingerprint density at radius 3 is 2.81 bits per heavy atom. The van der Waals surface area contributed by atoms with Gasteiger partial charge in [0.05, 0.1) is 0 Å². The lowest BCUT2D eigenvalue weighted by Gasteiger charge is -2.21. The molecule has 0 aromatic heterocycles. The minimum absolute atomic E-state index is 0.00366. The van der Waals surface area contributed by atoms with Crippen LogP contribution in [0.5, 0.6) is 0 Å². The number of carbonyl (C=O) groups is 2. The van der Waals surface area contributed by atoms with E-state index in [4.69, 9.17) is 0 Å². The van der Waals surface area contributed by atoms with Gasteiger partial charge < -0.3 is 15.5 Å². The molecule has 0 spiro atoms. The number of allylic oxidation sites excluding steroid dienone is 3. The van der Waals surface area contributed by atoms with Crippen molar-refractivity contribution in [3.8, 4) is 0 Å². The van der Waals surface area contributed by atoms with Crippen molar-refractivity contribution in [2.24, 2.45) is 0 Å². The summed E-state index contributed by atoms with van der Waals surface area (Å²) in [5.41, 5.74) is 4.39. The molecule has 1 unspecified atom stereocenters. The molecule has 0 bridgehead atoms. The van der Waals surface area contributed by atoms with Crippen molar-refractivity contribution in [3.63, 3.8) is 0 Å². The van der Waals surface area contributed by atoms with E-state index in [0.717, 1.165) is 29.8 Å². The molecule has 2 amide bonds. The molecule has 2 rings (SSSR count). The molecule has 0 aliphatic carbocycles. The monoisotopic (exact) mass is 355 g/mol. The first-order valence-corrected chi connectivity index (χ1v) is 9.10. The SMILES string of the molecule is C=C(/C=C(\C)NCCCN(C)C(=O)C1CCC(=O)N1)c1ccccc1C. The third kappa shape index (κ3) is 5.48. The van der Waals surface area contributed by atoms with Crippen LogP contribution in [-0.2, 0) is 9.59 Å². The first-order valence-electron chi connectivity index (χ1n) is 9.10. The topological polar surface area (TPSA) is 61.4 Å². The lowest BCUT2D eigenvalue weighted by atomic mass is 10.0. The summed E-state index contributed by atoms with van der Waals surface area (Å²) < 4.78 is 0. The molecule has 1 fully saturated rings. The maximum absolute atomic E-state index is 12.2. The second-order valence-electron chi connectivity index (χ2n) is 6.87. The lowest BCUT2D eigenvalue weighted by molar-refractivity contribution is -0.133. The average Bonchev–Trinajstić information content (AvgIpc) is 3.04. The van der Waals surface area contributed by atoms with E-state index in [2.05, 4.69) is 36.3 Å². The van der Waals surface area contributed by atoms with Gasteiger partial charge in [-0.05, 0) is 49.5 Å². The molecule has 1 aliphatic heterocycles. The second kappa shape index (κ2) is 9.22. The fraction of sp³-hybridized carbons (Fsp3) is 0.429. The van der Waals surface area contributed by atoms with Crippen molar-refractivity contribution in [1.29, 1.82) is 0 Å². The zero-order chi connectivity index (χ0) is 19.1. The molecule has 1 atom stereocenters. The molecular weight excluding hydrogens is 326 g/mol. The standard InChI is InChI=1S/C21H29N3O2/c1-15-8-5-6-9-18(15)16(2)14-17(3)22-12-7-13-24(4)21(26)19-10-11-20(25)23-19/h5-6,8-9,14,19,22H,2,7,10-13H2,1,3-4H3,(H,23,25)/b17-14+. The summed E-state index contributed by atoms with van der Waals surface area (Å²) in [5.74, 6) is -0.0379. The highest BCUT2D eigenvalue weighted by molar-refractivity contribution is 5.90. The molecular formula is C21H29N3O2. The fourth-order valence-electron chi connectivity index (χ4n) is 3.10. The van der Waals surface area contributed by atoms with E-state index in [1.54, 1.807) is 11.9 Å². The Morgan fingerprint density at radius 2 is 2.15 bits per heavy atom. The number of aryl methyl sites for hydroxylation is 1. The summed E-state index contributed by atoms with van der Waals surface area (Å²) in [6.45, 7) is 9.68. The Labute approximate surface area is 156 Å². The van der Waals surface area contributed by atoms with E-state index in [0.29, 0.717) is 19.4 Å². The van der Waals surface area contributed by atoms with Gasteiger partial charge in [-0.15, -0.1) is 0 Å². The largest absolute Gasteiger partial charge is 0.388 e. The van der Waals surface area contributed by atoms with Gasteiger partial charge in [-0.3, -0.25) is 9.59 Å². The smallest absolute Gasteiger partial charge is 0.244 e. The number of hydrogen-bond acceptors (Lipinski definition) is 3. The molecule has 0 radical (unpaired) electrons. The van der Waals surface area contributed by atoms with Crippen LogP contribution in [0.3, 0.4) is 0 Å². The number of amides is 2. The Morgan fingerprint density at radius 1 is 1.42 bits per heavy atom. The minimum Gasteiger partial charge on any atom is -0.388 e. The summed E-state index contributed by atoms with van der Waals surface area (Å²) in [4.78, 5) is 25.1. The molecule has 1 aromatic rings. The van der Waals surface area contributed by atoms with Crippen LogP contribution in [-0.4, -0.2) is 42.9 Å². The Bertz CT molecular complexity index is 709. The van der Waals surface area contributed by atoms with Crippen LogP contribution < -0.4 is 10.6 Å². The minimum atomic E-state index is -0.348. The van der Waals surface area contributed by atoms with Gasteiger partial charge in [0.1, 0.15) is 6.04 Å². The maximum atomic E-state index is 12.2. The number of nitrogens with zero attached hydrogens (tertiary/aromatic N) is 1. The van der Waals surface area contributed by atoms with Crippen LogP contribution in [0, 0.1) is 6.92 Å². The van der Waals surface area contributed by atoms with Gasteiger partial charge in [-0.25, -0.2) is 0 Å². The van der Waals surface area contributed by atoms with E-state index in [1.807, 2.05) is 25.1 Å². The molecule has 140 valence electrons. The number of rotatable bonds is 8. The highest BCUT2D eigenvalue weighted by Crippen LogP contribution is 2.18. The number of benzene rings is 1. The zero-order valence-corrected chi connectivity index (χ0v) is 16.0. The Hall–Kier alpha value is -2.56. The highest BCUT2D eigenvalue weighted by Gasteiger charge is 2.28. The van der Waals surface area contributed by atoms with Crippen molar-refractivity contribution in [3.05, 3.63) is 53.7 Å². The van der Waals surface area contributed by atoms with Crippen LogP contribution >= 0.6 is 0 Å². The summed E-state index contributed by atoms with van der Waals surface area (Å²) in [7, 11) is 1.79. The zero-order valence-electron chi connectivity index (χ0n) is 16.0. The normalized spacial score (nSPS) is 17.0. The molecule has 1 saturated heterocycles. The molecule has 0 saturated carbocycles. The van der Waals surface area contributed by atoms with E-state index < -0.39 is 0 Å². The summed E-state index contributed by atoms with van der Waals surface area (Å²) in [6, 6.07) is 7.85. The van der Waals surface area contributed by atoms with Gasteiger partial charge in [0.2, 0.25) is 11.8 Å². The van der Waals surface area contributed by atoms with Crippen molar-refractivity contribution < 1.29 is 9.59 Å². The van der Waals surface area contributed by atoms with Gasteiger partial charge in [0.25, 0.3) is 0 Å². The second-order valence-corrected chi connectivity index (χ2v) is 6.87. The first-order chi connectivity index (χ1) is 12.4. The number of likely N-dealkylation sites (N-methyl/N-ethyl adjacent to an activating group) is 1. The first kappa shape index (κ1) is 19.8. The number of hydrogen-bond donors (Lipinski definition) is 2. The van der Waals surface area contributed by atoms with Gasteiger partial charge in [-0.2, -0.15) is 0 Å². The fourth-order valence-corrected chi connectivity index (χ4v) is 3.10. The Kier molecular flexibility index (Phi) is 7.01. The Balaban J connectivity index is 1.73. The quantitative estimate of drug-likeness (QED) is 0.557. The van der Waals surface area contributed by atoms with E-state index in [9.17, 15) is 9.59 Å². The molecule has 5 nitrogen and oxygen atoms in total. The van der Waals surface area contributed by atoms with Crippen molar-refractivity contribution in [2.45, 2.75) is 39.2 Å². The third-order valence-electron chi connectivity index (χ3n) is 4.63. The van der Waals surface area contributed by atoms with Crippen LogP contribution in [0.1, 0.15) is 37.3 Å². The van der Waals surface area contributed by atoms with E-state index >= 15 is 0 Å². The molecule has 1 heterocycles. The van der Waals surface area contributed by atoms with Crippen LogP contribution in [0.25, 0.3) is 5.57 Å². The van der Waals surface area contributed by atoms with Gasteiger partial charge >= 0.3 is 0 Å². The van der Waals surface area contributed by atoms with Crippen LogP contribution in [0.15, 0.2) is 42.6 Å². The molecule has 5 heteroatoms. The predicted molar refractivity (Wildman–Crippen MR) is 105 cm³/mol. The lowest BCUT2D eigenvalue weighted by Crippen LogP contribution is -2.43. The van der Waals surface area contributed by atoms with Crippen LogP contribution in [0.4, 0.5) is 0 Å². The average molecular weight is 355 g/mol. The summed E-state index contributed by atoms with van der Waals surface area (Å²) in [5, 5.41) is 6.09. The van der Waals surface area contributed by atoms with Gasteiger partial charge in [0.15, 0.2) is 0 Å². The van der Waals surface area contributed by atoms with E-state index in [1.165, 1.54) is 5.56 Å². The van der Waals surface area contributed by atoms with Crippen molar-refractivity contribution in [1.82, 2.24) is 15.5 Å². The van der Waals surface area contributed by atoms with Gasteiger partial charge in [-0.1, -0.05) is 30.8 Å². The summed E-state index contributed by atoms with van der Waals surface area (Å²) in [6.07, 6.45) is 3.93.